The van der Waals surface area contributed by atoms with Gasteiger partial charge in [-0.3, -0.25) is 4.79 Å². The van der Waals surface area contributed by atoms with Crippen LogP contribution in [0.1, 0.15) is 28.6 Å². The van der Waals surface area contributed by atoms with Gasteiger partial charge in [0.1, 0.15) is 4.21 Å². The number of amides is 1. The summed E-state index contributed by atoms with van der Waals surface area (Å²) >= 11 is 2.91. The van der Waals surface area contributed by atoms with Gasteiger partial charge in [-0.15, -0.1) is 22.7 Å². The second-order valence-electron chi connectivity index (χ2n) is 8.11. The van der Waals surface area contributed by atoms with E-state index in [0.29, 0.717) is 37.1 Å². The molecule has 2 aromatic heterocycles. The van der Waals surface area contributed by atoms with Crippen molar-refractivity contribution in [2.45, 2.75) is 29.4 Å². The van der Waals surface area contributed by atoms with Crippen molar-refractivity contribution >= 4 is 48.8 Å². The van der Waals surface area contributed by atoms with E-state index in [1.807, 2.05) is 23.1 Å². The maximum absolute atomic E-state index is 13.0. The lowest BCUT2D eigenvalue weighted by Crippen LogP contribution is -2.40. The first-order valence-corrected chi connectivity index (χ1v) is 13.9. The number of benzene rings is 1. The Morgan fingerprint density at radius 1 is 1.09 bits per heavy atom. The fraction of sp³-hybridized carbons (Fsp3) is 0.455. The third-order valence-corrected chi connectivity index (χ3v) is 10.6. The number of likely N-dealkylation sites (tertiary alicyclic amines) is 1. The van der Waals surface area contributed by atoms with Crippen LogP contribution in [0.25, 0.3) is 10.2 Å². The quantitative estimate of drug-likeness (QED) is 0.547. The van der Waals surface area contributed by atoms with E-state index in [4.69, 9.17) is 9.72 Å². The summed E-state index contributed by atoms with van der Waals surface area (Å²) in [6.45, 7) is 2.99. The number of fused-ring (bicyclic) bond motifs is 1. The predicted molar refractivity (Wildman–Crippen MR) is 126 cm³/mol. The highest BCUT2D eigenvalue weighted by Crippen LogP contribution is 2.33. The number of hydrogen-bond acceptors (Lipinski definition) is 7. The van der Waals surface area contributed by atoms with Gasteiger partial charge in [-0.2, -0.15) is 4.31 Å². The molecule has 0 radical (unpaired) electrons. The van der Waals surface area contributed by atoms with E-state index >= 15 is 0 Å². The van der Waals surface area contributed by atoms with E-state index in [-0.39, 0.29) is 18.2 Å². The van der Waals surface area contributed by atoms with Crippen LogP contribution in [0.15, 0.2) is 40.6 Å². The van der Waals surface area contributed by atoms with Gasteiger partial charge >= 0.3 is 0 Å². The molecule has 3 aromatic rings. The number of carbonyl (C=O) groups is 1. The average molecular weight is 492 g/mol. The molecule has 1 aromatic carbocycles. The van der Waals surface area contributed by atoms with Gasteiger partial charge in [0.05, 0.1) is 34.9 Å². The largest absolute Gasteiger partial charge is 0.379 e. The molecule has 0 aliphatic carbocycles. The number of hydrogen-bond donors (Lipinski definition) is 0. The summed E-state index contributed by atoms with van der Waals surface area (Å²) in [6, 6.07) is 11.5. The molecule has 0 bridgehead atoms. The summed E-state index contributed by atoms with van der Waals surface area (Å²) < 4.78 is 33.9. The Bertz CT molecular complexity index is 1180. The summed E-state index contributed by atoms with van der Waals surface area (Å²) in [4.78, 5) is 20.5. The van der Waals surface area contributed by atoms with Gasteiger partial charge in [0.15, 0.2) is 0 Å². The molecule has 5 rings (SSSR count). The van der Waals surface area contributed by atoms with Crippen molar-refractivity contribution in [1.29, 1.82) is 0 Å². The fourth-order valence-corrected chi connectivity index (χ4v) is 8.24. The highest BCUT2D eigenvalue weighted by Gasteiger charge is 2.30. The molecule has 7 nitrogen and oxygen atoms in total. The first-order valence-electron chi connectivity index (χ1n) is 10.8. The lowest BCUT2D eigenvalue weighted by atomic mass is 9.98. The number of sulfonamides is 1. The molecule has 32 heavy (non-hydrogen) atoms. The Hall–Kier alpha value is -1.85. The van der Waals surface area contributed by atoms with Gasteiger partial charge < -0.3 is 9.64 Å². The molecule has 2 saturated heterocycles. The summed E-state index contributed by atoms with van der Waals surface area (Å²) in [7, 11) is -3.52. The molecule has 2 fully saturated rings. The van der Waals surface area contributed by atoms with E-state index in [1.165, 1.54) is 20.3 Å². The summed E-state index contributed by atoms with van der Waals surface area (Å²) in [6.07, 6.45) is 2.22. The summed E-state index contributed by atoms with van der Waals surface area (Å²) in [5.41, 5.74) is 1.02. The number of morpholine rings is 1. The maximum atomic E-state index is 13.0. The molecular weight excluding hydrogens is 466 g/mol. The lowest BCUT2D eigenvalue weighted by molar-refractivity contribution is -0.131. The van der Waals surface area contributed by atoms with Crippen molar-refractivity contribution in [2.75, 3.05) is 39.4 Å². The Balaban J connectivity index is 1.25. The Kier molecular flexibility index (Phi) is 6.31. The van der Waals surface area contributed by atoms with Crippen LogP contribution in [0.5, 0.6) is 0 Å². The fourth-order valence-electron chi connectivity index (χ4n) is 4.24. The van der Waals surface area contributed by atoms with E-state index < -0.39 is 10.0 Å². The van der Waals surface area contributed by atoms with Crippen molar-refractivity contribution in [2.24, 2.45) is 0 Å². The molecule has 4 heterocycles. The summed E-state index contributed by atoms with van der Waals surface area (Å²) in [5, 5.41) is 1.10. The van der Waals surface area contributed by atoms with Gasteiger partial charge in [0, 0.05) is 37.0 Å². The van der Waals surface area contributed by atoms with Crippen molar-refractivity contribution in [3.63, 3.8) is 0 Å². The number of thiazole rings is 1. The minimum absolute atomic E-state index is 0.0491. The van der Waals surface area contributed by atoms with Crippen molar-refractivity contribution in [3.8, 4) is 0 Å². The number of carbonyl (C=O) groups excluding carboxylic acids is 1. The van der Waals surface area contributed by atoms with Crippen LogP contribution < -0.4 is 0 Å². The molecule has 2 aliphatic heterocycles. The van der Waals surface area contributed by atoms with Crippen LogP contribution in [-0.4, -0.2) is 67.9 Å². The van der Waals surface area contributed by atoms with Gasteiger partial charge in [0.25, 0.3) is 10.0 Å². The van der Waals surface area contributed by atoms with E-state index in [9.17, 15) is 13.2 Å². The molecule has 0 saturated carbocycles. The molecule has 2 aliphatic rings. The minimum atomic E-state index is -3.52. The number of thiophene rings is 1. The molecule has 0 N–H and O–H groups in total. The van der Waals surface area contributed by atoms with E-state index in [0.717, 1.165) is 34.8 Å². The Morgan fingerprint density at radius 3 is 2.72 bits per heavy atom. The van der Waals surface area contributed by atoms with Crippen molar-refractivity contribution < 1.29 is 17.9 Å². The van der Waals surface area contributed by atoms with Gasteiger partial charge in [-0.1, -0.05) is 12.1 Å². The monoisotopic (exact) mass is 491 g/mol. The molecule has 10 heteroatoms. The maximum Gasteiger partial charge on any atom is 0.252 e. The molecule has 0 spiro atoms. The predicted octanol–water partition coefficient (Wildman–Crippen LogP) is 3.33. The number of nitrogens with zero attached hydrogens (tertiary/aromatic N) is 3. The Labute approximate surface area is 195 Å². The zero-order chi connectivity index (χ0) is 22.1. The Morgan fingerprint density at radius 2 is 1.91 bits per heavy atom. The number of piperidine rings is 1. The topological polar surface area (TPSA) is 79.8 Å². The number of rotatable bonds is 5. The number of aromatic nitrogens is 1. The smallest absolute Gasteiger partial charge is 0.252 e. The van der Waals surface area contributed by atoms with Gasteiger partial charge in [-0.05, 0) is 37.1 Å². The zero-order valence-corrected chi connectivity index (χ0v) is 20.1. The molecule has 1 amide bonds. The first kappa shape index (κ1) is 22.0. The highest BCUT2D eigenvalue weighted by atomic mass is 32.2. The van der Waals surface area contributed by atoms with Crippen LogP contribution in [-0.2, 0) is 26.0 Å². The second-order valence-corrected chi connectivity index (χ2v) is 12.5. The summed E-state index contributed by atoms with van der Waals surface area (Å²) in [5.74, 6) is 0.304. The van der Waals surface area contributed by atoms with Crippen molar-refractivity contribution in [3.05, 3.63) is 46.3 Å². The average Bonchev–Trinajstić information content (AvgIpc) is 3.47. The van der Waals surface area contributed by atoms with Gasteiger partial charge in [0.2, 0.25) is 5.91 Å². The third-order valence-electron chi connectivity index (χ3n) is 5.96. The van der Waals surface area contributed by atoms with Crippen LogP contribution in [0, 0.1) is 0 Å². The standard InChI is InChI=1S/C22H25N3O4S3/c26-20(14-17-7-8-21(30-17)32(27,28)25-10-12-29-13-11-25)24-9-3-4-16(15-24)22-23-18-5-1-2-6-19(18)31-22/h1-2,5-8,16H,3-4,9-15H2/t16-/m1/s1. The van der Waals surface area contributed by atoms with Crippen LogP contribution >= 0.6 is 22.7 Å². The van der Waals surface area contributed by atoms with E-state index in [1.54, 1.807) is 23.5 Å². The third kappa shape index (κ3) is 4.47. The van der Waals surface area contributed by atoms with Crippen LogP contribution in [0.4, 0.5) is 0 Å². The molecule has 0 unspecified atom stereocenters. The highest BCUT2D eigenvalue weighted by molar-refractivity contribution is 7.91. The normalized spacial score (nSPS) is 20.6. The van der Waals surface area contributed by atoms with Gasteiger partial charge in [-0.25, -0.2) is 13.4 Å². The SMILES string of the molecule is O=C(Cc1ccc(S(=O)(=O)N2CCOCC2)s1)N1CCC[C@@H](c2nc3ccccc3s2)C1. The van der Waals surface area contributed by atoms with E-state index in [2.05, 4.69) is 6.07 Å². The first-order chi connectivity index (χ1) is 15.5. The second kappa shape index (κ2) is 9.18. The zero-order valence-electron chi connectivity index (χ0n) is 17.6. The number of ether oxygens (including phenoxy) is 1. The lowest BCUT2D eigenvalue weighted by Gasteiger charge is -2.31. The van der Waals surface area contributed by atoms with Crippen molar-refractivity contribution in [1.82, 2.24) is 14.2 Å². The number of para-hydroxylation sites is 1. The molecule has 170 valence electrons. The van der Waals surface area contributed by atoms with Crippen LogP contribution in [0.3, 0.4) is 0 Å². The van der Waals surface area contributed by atoms with Crippen LogP contribution in [0.2, 0.25) is 0 Å². The molecule has 1 atom stereocenters. The molecular formula is C22H25N3O4S3. The minimum Gasteiger partial charge on any atom is -0.379 e.